The van der Waals surface area contributed by atoms with Crippen molar-refractivity contribution in [1.82, 2.24) is 10.3 Å². The molecule has 3 nitrogen and oxygen atoms in total. The average molecular weight is 290 g/mol. The molecule has 0 aliphatic rings. The van der Waals surface area contributed by atoms with Crippen LogP contribution in [0.15, 0.2) is 32.7 Å². The van der Waals surface area contributed by atoms with Gasteiger partial charge in [-0.25, -0.2) is 4.98 Å². The highest BCUT2D eigenvalue weighted by molar-refractivity contribution is 7.99. The van der Waals surface area contributed by atoms with Gasteiger partial charge < -0.3 is 9.73 Å². The summed E-state index contributed by atoms with van der Waals surface area (Å²) in [7, 11) is 0. The highest BCUT2D eigenvalue weighted by atomic mass is 32.2. The second-order valence-electron chi connectivity index (χ2n) is 4.99. The van der Waals surface area contributed by atoms with Gasteiger partial charge in [-0.2, -0.15) is 0 Å². The van der Waals surface area contributed by atoms with Gasteiger partial charge in [-0.15, -0.1) is 0 Å². The fourth-order valence-electron chi connectivity index (χ4n) is 1.92. The molecule has 0 radical (unpaired) electrons. The molecule has 1 aromatic carbocycles. The van der Waals surface area contributed by atoms with Crippen LogP contribution in [0.2, 0.25) is 0 Å². The van der Waals surface area contributed by atoms with Crippen molar-refractivity contribution in [3.63, 3.8) is 0 Å². The van der Waals surface area contributed by atoms with E-state index in [2.05, 4.69) is 42.3 Å². The van der Waals surface area contributed by atoms with E-state index in [4.69, 9.17) is 4.42 Å². The second kappa shape index (κ2) is 6.95. The van der Waals surface area contributed by atoms with Crippen molar-refractivity contribution in [3.8, 4) is 0 Å². The van der Waals surface area contributed by atoms with Gasteiger partial charge in [0.2, 0.25) is 0 Å². The van der Waals surface area contributed by atoms with Gasteiger partial charge >= 0.3 is 0 Å². The predicted molar refractivity (Wildman–Crippen MR) is 83.3 cm³/mol. The molecule has 0 aliphatic heterocycles. The lowest BCUT2D eigenvalue weighted by Crippen LogP contribution is -2.14. The minimum absolute atomic E-state index is 0.719. The first-order valence-corrected chi connectivity index (χ1v) is 7.84. The molecular weight excluding hydrogens is 268 g/mol. The standard InChI is InChI=1S/C16H22N2OS/c1-5-8-17-10-14-6-7-15(9-11(14)2)20-16-18-12(3)13(4)19-16/h6-7,9,17H,5,8,10H2,1-4H3. The summed E-state index contributed by atoms with van der Waals surface area (Å²) in [6.07, 6.45) is 1.16. The summed E-state index contributed by atoms with van der Waals surface area (Å²) < 4.78 is 5.61. The van der Waals surface area contributed by atoms with Crippen molar-refractivity contribution in [1.29, 1.82) is 0 Å². The van der Waals surface area contributed by atoms with Crippen LogP contribution in [0.3, 0.4) is 0 Å². The summed E-state index contributed by atoms with van der Waals surface area (Å²) in [5.74, 6) is 0.893. The van der Waals surface area contributed by atoms with Crippen LogP contribution >= 0.6 is 11.8 Å². The number of nitrogens with one attached hydrogen (secondary N) is 1. The van der Waals surface area contributed by atoms with Crippen LogP contribution in [0.5, 0.6) is 0 Å². The minimum Gasteiger partial charge on any atom is -0.436 e. The van der Waals surface area contributed by atoms with Crippen LogP contribution in [0, 0.1) is 20.8 Å². The van der Waals surface area contributed by atoms with Gasteiger partial charge in [-0.05, 0) is 68.8 Å². The van der Waals surface area contributed by atoms with Gasteiger partial charge in [-0.3, -0.25) is 0 Å². The average Bonchev–Trinajstić information content (AvgIpc) is 2.71. The second-order valence-corrected chi connectivity index (χ2v) is 6.01. The fourth-order valence-corrected chi connectivity index (χ4v) is 2.84. The molecule has 2 aromatic rings. The lowest BCUT2D eigenvalue weighted by molar-refractivity contribution is 0.431. The van der Waals surface area contributed by atoms with E-state index in [-0.39, 0.29) is 0 Å². The number of oxazole rings is 1. The maximum absolute atomic E-state index is 5.61. The molecule has 0 bridgehead atoms. The van der Waals surface area contributed by atoms with E-state index in [1.807, 2.05) is 13.8 Å². The summed E-state index contributed by atoms with van der Waals surface area (Å²) in [5.41, 5.74) is 3.62. The number of hydrogen-bond donors (Lipinski definition) is 1. The maximum atomic E-state index is 5.61. The van der Waals surface area contributed by atoms with Gasteiger partial charge in [0, 0.05) is 11.4 Å². The van der Waals surface area contributed by atoms with Crippen molar-refractivity contribution >= 4 is 11.8 Å². The normalized spacial score (nSPS) is 11.0. The first-order valence-electron chi connectivity index (χ1n) is 7.02. The molecule has 0 atom stereocenters. The van der Waals surface area contributed by atoms with E-state index in [0.717, 1.165) is 36.2 Å². The first-order chi connectivity index (χ1) is 9.60. The van der Waals surface area contributed by atoms with Crippen molar-refractivity contribution in [3.05, 3.63) is 40.8 Å². The van der Waals surface area contributed by atoms with Crippen molar-refractivity contribution in [2.24, 2.45) is 0 Å². The van der Waals surface area contributed by atoms with E-state index < -0.39 is 0 Å². The number of rotatable bonds is 6. The van der Waals surface area contributed by atoms with Crippen LogP contribution in [0.1, 0.15) is 35.9 Å². The summed E-state index contributed by atoms with van der Waals surface area (Å²) in [4.78, 5) is 5.57. The van der Waals surface area contributed by atoms with Crippen molar-refractivity contribution in [2.45, 2.75) is 50.8 Å². The Kier molecular flexibility index (Phi) is 5.26. The van der Waals surface area contributed by atoms with Gasteiger partial charge in [0.1, 0.15) is 5.76 Å². The summed E-state index contributed by atoms with van der Waals surface area (Å²) in [6, 6.07) is 6.51. The molecule has 0 saturated heterocycles. The Morgan fingerprint density at radius 2 is 2.05 bits per heavy atom. The molecule has 0 unspecified atom stereocenters. The molecule has 0 saturated carbocycles. The molecule has 108 valence electrons. The maximum Gasteiger partial charge on any atom is 0.260 e. The van der Waals surface area contributed by atoms with E-state index in [1.165, 1.54) is 16.0 Å². The Balaban J connectivity index is 2.04. The largest absolute Gasteiger partial charge is 0.436 e. The summed E-state index contributed by atoms with van der Waals surface area (Å²) in [6.45, 7) is 10.2. The topological polar surface area (TPSA) is 38.1 Å². The van der Waals surface area contributed by atoms with Crippen LogP contribution in [-0.2, 0) is 6.54 Å². The molecule has 2 rings (SSSR count). The SMILES string of the molecule is CCCNCc1ccc(Sc2nc(C)c(C)o2)cc1C. The third-order valence-electron chi connectivity index (χ3n) is 3.27. The molecule has 0 aliphatic carbocycles. The first kappa shape index (κ1) is 15.1. The molecule has 0 spiro atoms. The monoisotopic (exact) mass is 290 g/mol. The summed E-state index contributed by atoms with van der Waals surface area (Å²) >= 11 is 1.58. The number of aromatic nitrogens is 1. The highest BCUT2D eigenvalue weighted by Gasteiger charge is 2.08. The number of aryl methyl sites for hydroxylation is 3. The van der Waals surface area contributed by atoms with E-state index in [9.17, 15) is 0 Å². The number of hydrogen-bond acceptors (Lipinski definition) is 4. The third kappa shape index (κ3) is 3.87. The zero-order chi connectivity index (χ0) is 14.5. The number of benzene rings is 1. The Bertz CT molecular complexity index is 558. The lowest BCUT2D eigenvalue weighted by atomic mass is 10.1. The number of nitrogens with zero attached hydrogens (tertiary/aromatic N) is 1. The highest BCUT2D eigenvalue weighted by Crippen LogP contribution is 2.29. The summed E-state index contributed by atoms with van der Waals surface area (Å²) in [5, 5.41) is 4.15. The fraction of sp³-hybridized carbons (Fsp3) is 0.438. The van der Waals surface area contributed by atoms with Crippen LogP contribution in [0.4, 0.5) is 0 Å². The van der Waals surface area contributed by atoms with E-state index in [0.29, 0.717) is 0 Å². The molecule has 0 amide bonds. The Morgan fingerprint density at radius 3 is 2.65 bits per heavy atom. The molecule has 20 heavy (non-hydrogen) atoms. The molecule has 1 aromatic heterocycles. The van der Waals surface area contributed by atoms with Crippen molar-refractivity contribution < 1.29 is 4.42 Å². The van der Waals surface area contributed by atoms with Crippen LogP contribution < -0.4 is 5.32 Å². The molecular formula is C16H22N2OS. The van der Waals surface area contributed by atoms with Crippen molar-refractivity contribution in [2.75, 3.05) is 6.54 Å². The quantitative estimate of drug-likeness (QED) is 0.807. The van der Waals surface area contributed by atoms with Gasteiger partial charge in [-0.1, -0.05) is 13.0 Å². The predicted octanol–water partition coefficient (Wildman–Crippen LogP) is 4.25. The third-order valence-corrected chi connectivity index (χ3v) is 4.11. The lowest BCUT2D eigenvalue weighted by Gasteiger charge is -2.08. The van der Waals surface area contributed by atoms with Gasteiger partial charge in [0.05, 0.1) is 5.69 Å². The zero-order valence-electron chi connectivity index (χ0n) is 12.6. The molecule has 0 fully saturated rings. The van der Waals surface area contributed by atoms with Crippen LogP contribution in [0.25, 0.3) is 0 Å². The van der Waals surface area contributed by atoms with Gasteiger partial charge in [0.25, 0.3) is 5.22 Å². The molecule has 1 heterocycles. The zero-order valence-corrected chi connectivity index (χ0v) is 13.4. The Hall–Kier alpha value is -1.26. The van der Waals surface area contributed by atoms with E-state index in [1.54, 1.807) is 11.8 Å². The van der Waals surface area contributed by atoms with Crippen LogP contribution in [-0.4, -0.2) is 11.5 Å². The Morgan fingerprint density at radius 1 is 1.25 bits per heavy atom. The minimum atomic E-state index is 0.719. The van der Waals surface area contributed by atoms with E-state index >= 15 is 0 Å². The van der Waals surface area contributed by atoms with Gasteiger partial charge in [0.15, 0.2) is 0 Å². The molecule has 1 N–H and O–H groups in total. The molecule has 4 heteroatoms. The Labute approximate surface area is 125 Å². The smallest absolute Gasteiger partial charge is 0.260 e.